The van der Waals surface area contributed by atoms with E-state index in [9.17, 15) is 13.6 Å². The second kappa shape index (κ2) is 8.64. The number of pyridine rings is 1. The minimum Gasteiger partial charge on any atom is -0.478 e. The Morgan fingerprint density at radius 1 is 1.13 bits per heavy atom. The SMILES string of the molecule is Cc1ccc2c(Cl)cc(Cl)c(OCC(=O)OCc3nc4ccccc4n3C(F)F)c2n1. The van der Waals surface area contributed by atoms with Gasteiger partial charge in [0.25, 0.3) is 0 Å². The molecule has 2 aromatic carbocycles. The van der Waals surface area contributed by atoms with Gasteiger partial charge in [0.15, 0.2) is 18.2 Å². The van der Waals surface area contributed by atoms with Crippen molar-refractivity contribution < 1.29 is 23.0 Å². The van der Waals surface area contributed by atoms with E-state index in [2.05, 4.69) is 9.97 Å². The molecule has 0 unspecified atom stereocenters. The number of hydrogen-bond donors (Lipinski definition) is 0. The Morgan fingerprint density at radius 2 is 1.90 bits per heavy atom. The highest BCUT2D eigenvalue weighted by Crippen LogP contribution is 2.37. The van der Waals surface area contributed by atoms with Crippen LogP contribution in [0.5, 0.6) is 5.75 Å². The van der Waals surface area contributed by atoms with Crippen molar-refractivity contribution in [2.45, 2.75) is 20.1 Å². The number of carbonyl (C=O) groups excluding carboxylic acids is 1. The Hall–Kier alpha value is -2.97. The normalized spacial score (nSPS) is 11.4. The third-order valence-corrected chi connectivity index (χ3v) is 5.13. The molecule has 0 N–H and O–H groups in total. The van der Waals surface area contributed by atoms with Crippen molar-refractivity contribution in [2.75, 3.05) is 6.61 Å². The average Bonchev–Trinajstić information content (AvgIpc) is 3.10. The molecule has 0 saturated carbocycles. The van der Waals surface area contributed by atoms with E-state index < -0.39 is 25.7 Å². The van der Waals surface area contributed by atoms with Gasteiger partial charge in [-0.15, -0.1) is 0 Å². The first-order chi connectivity index (χ1) is 14.8. The second-order valence-electron chi connectivity index (χ2n) is 6.63. The molecule has 0 bridgehead atoms. The van der Waals surface area contributed by atoms with Gasteiger partial charge in [0.05, 0.1) is 21.1 Å². The Kier molecular flexibility index (Phi) is 5.93. The first kappa shape index (κ1) is 21.3. The van der Waals surface area contributed by atoms with Crippen LogP contribution in [0.15, 0.2) is 42.5 Å². The summed E-state index contributed by atoms with van der Waals surface area (Å²) >= 11 is 12.4. The van der Waals surface area contributed by atoms with Gasteiger partial charge in [-0.05, 0) is 37.3 Å². The molecule has 6 nitrogen and oxygen atoms in total. The van der Waals surface area contributed by atoms with Gasteiger partial charge < -0.3 is 9.47 Å². The van der Waals surface area contributed by atoms with Crippen LogP contribution in [0.4, 0.5) is 8.78 Å². The van der Waals surface area contributed by atoms with E-state index in [-0.39, 0.29) is 22.1 Å². The highest BCUT2D eigenvalue weighted by Gasteiger charge is 2.19. The van der Waals surface area contributed by atoms with Crippen molar-refractivity contribution in [2.24, 2.45) is 0 Å². The number of aromatic nitrogens is 3. The van der Waals surface area contributed by atoms with Crippen LogP contribution in [0.2, 0.25) is 10.0 Å². The number of halogens is 4. The molecule has 2 heterocycles. The van der Waals surface area contributed by atoms with E-state index in [0.29, 0.717) is 27.1 Å². The van der Waals surface area contributed by atoms with Gasteiger partial charge in [-0.25, -0.2) is 14.8 Å². The number of benzene rings is 2. The lowest BCUT2D eigenvalue weighted by atomic mass is 10.2. The largest absolute Gasteiger partial charge is 0.478 e. The van der Waals surface area contributed by atoms with Crippen molar-refractivity contribution in [3.8, 4) is 5.75 Å². The summed E-state index contributed by atoms with van der Waals surface area (Å²) in [5, 5.41) is 1.20. The molecular weight excluding hydrogens is 451 g/mol. The van der Waals surface area contributed by atoms with Crippen LogP contribution in [0.25, 0.3) is 21.9 Å². The van der Waals surface area contributed by atoms with E-state index in [1.165, 1.54) is 12.1 Å². The highest BCUT2D eigenvalue weighted by atomic mass is 35.5. The average molecular weight is 466 g/mol. The predicted molar refractivity (Wildman–Crippen MR) is 113 cm³/mol. The number of hydrogen-bond acceptors (Lipinski definition) is 5. The fourth-order valence-corrected chi connectivity index (χ4v) is 3.73. The Labute approximate surface area is 185 Å². The number of nitrogens with zero attached hydrogens (tertiary/aromatic N) is 3. The predicted octanol–water partition coefficient (Wildman–Crippen LogP) is 5.72. The smallest absolute Gasteiger partial charge is 0.344 e. The van der Waals surface area contributed by atoms with Crippen LogP contribution in [-0.4, -0.2) is 27.1 Å². The molecule has 0 atom stereocenters. The molecule has 0 spiro atoms. The lowest BCUT2D eigenvalue weighted by Crippen LogP contribution is -2.17. The molecule has 0 aliphatic carbocycles. The number of aryl methyl sites for hydroxylation is 1. The van der Waals surface area contributed by atoms with Gasteiger partial charge in [0, 0.05) is 11.1 Å². The van der Waals surface area contributed by atoms with Crippen molar-refractivity contribution in [1.29, 1.82) is 0 Å². The molecule has 2 aromatic heterocycles. The lowest BCUT2D eigenvalue weighted by Gasteiger charge is -2.12. The summed E-state index contributed by atoms with van der Waals surface area (Å²) in [6.45, 7) is -1.97. The number of carbonyl (C=O) groups is 1. The van der Waals surface area contributed by atoms with Gasteiger partial charge in [-0.1, -0.05) is 35.3 Å². The molecule has 4 aromatic rings. The zero-order valence-corrected chi connectivity index (χ0v) is 17.6. The molecule has 0 aliphatic rings. The molecule has 4 rings (SSSR count). The fraction of sp³-hybridized carbons (Fsp3) is 0.190. The molecule has 0 fully saturated rings. The standard InChI is InChI=1S/C21H15Cl2F2N3O3/c1-11-6-7-12-13(22)8-14(23)20(19(12)26-11)31-10-18(29)30-9-17-27-15-4-2-3-5-16(15)28(17)21(24)25/h2-8,21H,9-10H2,1H3. The topological polar surface area (TPSA) is 66.2 Å². The number of para-hydroxylation sites is 2. The summed E-state index contributed by atoms with van der Waals surface area (Å²) in [7, 11) is 0. The Morgan fingerprint density at radius 3 is 2.68 bits per heavy atom. The molecular formula is C21H15Cl2F2N3O3. The first-order valence-electron chi connectivity index (χ1n) is 9.13. The Balaban J connectivity index is 1.49. The molecule has 0 radical (unpaired) electrons. The minimum atomic E-state index is -2.83. The Bertz CT molecular complexity index is 1290. The van der Waals surface area contributed by atoms with Crippen LogP contribution >= 0.6 is 23.2 Å². The van der Waals surface area contributed by atoms with Gasteiger partial charge in [-0.3, -0.25) is 4.57 Å². The molecule has 160 valence electrons. The zero-order valence-electron chi connectivity index (χ0n) is 16.1. The van der Waals surface area contributed by atoms with Crippen LogP contribution in [0.1, 0.15) is 18.1 Å². The monoisotopic (exact) mass is 465 g/mol. The third-order valence-electron chi connectivity index (χ3n) is 4.54. The summed E-state index contributed by atoms with van der Waals surface area (Å²) in [5.74, 6) is -0.668. The number of alkyl halides is 2. The van der Waals surface area contributed by atoms with E-state index in [4.69, 9.17) is 32.7 Å². The van der Waals surface area contributed by atoms with Gasteiger partial charge in [-0.2, -0.15) is 8.78 Å². The summed E-state index contributed by atoms with van der Waals surface area (Å²) in [6, 6.07) is 11.5. The van der Waals surface area contributed by atoms with Crippen LogP contribution < -0.4 is 4.74 Å². The molecule has 0 saturated heterocycles. The number of imidazole rings is 1. The highest BCUT2D eigenvalue weighted by molar-refractivity contribution is 6.39. The number of ether oxygens (including phenoxy) is 2. The van der Waals surface area contributed by atoms with Crippen molar-refractivity contribution in [1.82, 2.24) is 14.5 Å². The van der Waals surface area contributed by atoms with Gasteiger partial charge >= 0.3 is 12.5 Å². The first-order valence-corrected chi connectivity index (χ1v) is 9.88. The van der Waals surface area contributed by atoms with Gasteiger partial charge in [0.2, 0.25) is 0 Å². The van der Waals surface area contributed by atoms with Crippen LogP contribution in [0.3, 0.4) is 0 Å². The summed E-state index contributed by atoms with van der Waals surface area (Å²) in [5.41, 5.74) is 1.75. The van der Waals surface area contributed by atoms with Crippen molar-refractivity contribution in [3.05, 3.63) is 64.0 Å². The summed E-state index contributed by atoms with van der Waals surface area (Å²) in [4.78, 5) is 20.7. The number of fused-ring (bicyclic) bond motifs is 2. The number of rotatable bonds is 6. The van der Waals surface area contributed by atoms with E-state index >= 15 is 0 Å². The molecule has 0 amide bonds. The lowest BCUT2D eigenvalue weighted by molar-refractivity contribution is -0.147. The maximum atomic E-state index is 13.5. The third kappa shape index (κ3) is 4.26. The summed E-state index contributed by atoms with van der Waals surface area (Å²) in [6.07, 6.45) is 0. The van der Waals surface area contributed by atoms with E-state index in [0.717, 1.165) is 4.57 Å². The van der Waals surface area contributed by atoms with E-state index in [1.807, 2.05) is 0 Å². The molecule has 0 aliphatic heterocycles. The minimum absolute atomic E-state index is 0.0724. The quantitative estimate of drug-likeness (QED) is 0.340. The maximum Gasteiger partial charge on any atom is 0.344 e. The fourth-order valence-electron chi connectivity index (χ4n) is 3.16. The second-order valence-corrected chi connectivity index (χ2v) is 7.45. The number of esters is 1. The van der Waals surface area contributed by atoms with Crippen molar-refractivity contribution in [3.63, 3.8) is 0 Å². The maximum absolute atomic E-state index is 13.5. The summed E-state index contributed by atoms with van der Waals surface area (Å²) < 4.78 is 38.3. The van der Waals surface area contributed by atoms with E-state index in [1.54, 1.807) is 37.3 Å². The zero-order chi connectivity index (χ0) is 22.1. The molecule has 31 heavy (non-hydrogen) atoms. The van der Waals surface area contributed by atoms with Gasteiger partial charge in [0.1, 0.15) is 12.1 Å². The molecule has 10 heteroatoms. The van der Waals surface area contributed by atoms with Crippen LogP contribution in [0, 0.1) is 6.92 Å². The van der Waals surface area contributed by atoms with Crippen molar-refractivity contribution >= 4 is 51.1 Å². The van der Waals surface area contributed by atoms with Crippen LogP contribution in [-0.2, 0) is 16.1 Å².